The smallest absolute Gasteiger partial charge is 0.184 e. The van der Waals surface area contributed by atoms with Gasteiger partial charge >= 0.3 is 0 Å². The zero-order chi connectivity index (χ0) is 18.4. The third-order valence-corrected chi connectivity index (χ3v) is 4.92. The first kappa shape index (κ1) is 18.3. The summed E-state index contributed by atoms with van der Waals surface area (Å²) in [6.07, 6.45) is 5.95. The molecule has 0 aromatic rings. The Morgan fingerprint density at radius 3 is 1.52 bits per heavy atom. The summed E-state index contributed by atoms with van der Waals surface area (Å²) in [5.41, 5.74) is 18.9. The van der Waals surface area contributed by atoms with Gasteiger partial charge in [-0.2, -0.15) is 16.8 Å². The summed E-state index contributed by atoms with van der Waals surface area (Å²) in [5, 5.41) is 7.08. The largest absolute Gasteiger partial charge is 0.217 e. The molecule has 0 saturated heterocycles. The lowest BCUT2D eigenvalue weighted by atomic mass is 9.93. The molecule has 2 aliphatic carbocycles. The van der Waals surface area contributed by atoms with Crippen molar-refractivity contribution in [2.24, 2.45) is 10.2 Å². The van der Waals surface area contributed by atoms with E-state index in [0.29, 0.717) is 11.1 Å². The Morgan fingerprint density at radius 1 is 0.800 bits per heavy atom. The van der Waals surface area contributed by atoms with Gasteiger partial charge in [-0.05, 0) is 40.8 Å². The second-order valence-corrected chi connectivity index (χ2v) is 6.91. The second kappa shape index (κ2) is 8.18. The predicted octanol–water partition coefficient (Wildman–Crippen LogP) is 2.53. The summed E-state index contributed by atoms with van der Waals surface area (Å²) in [6, 6.07) is 0. The first-order valence-electron chi connectivity index (χ1n) is 6.76. The highest BCUT2D eigenvalue weighted by atomic mass is 32.2. The van der Waals surface area contributed by atoms with E-state index in [0.717, 1.165) is 0 Å². The van der Waals surface area contributed by atoms with Gasteiger partial charge in [-0.25, -0.2) is 0 Å². The van der Waals surface area contributed by atoms with E-state index in [1.54, 1.807) is 0 Å². The number of hydrogen-bond acceptors (Lipinski definition) is 6. The van der Waals surface area contributed by atoms with Crippen molar-refractivity contribution in [3.8, 4) is 0 Å². The van der Waals surface area contributed by atoms with Gasteiger partial charge in [-0.15, -0.1) is 0 Å². The number of hydrogen-bond donors (Lipinski definition) is 0. The van der Waals surface area contributed by atoms with Crippen molar-refractivity contribution in [2.75, 3.05) is 0 Å². The Balaban J connectivity index is 2.49. The van der Waals surface area contributed by atoms with E-state index < -0.39 is 20.6 Å². The molecule has 2 rings (SSSR count). The lowest BCUT2D eigenvalue weighted by molar-refractivity contribution is 0.625. The first-order chi connectivity index (χ1) is 12.0. The molecule has 0 atom stereocenters. The van der Waals surface area contributed by atoms with Crippen LogP contribution in [0.1, 0.15) is 19.3 Å². The van der Waals surface area contributed by atoms with E-state index in [-0.39, 0.29) is 40.4 Å². The van der Waals surface area contributed by atoms with E-state index in [9.17, 15) is 16.8 Å². The van der Waals surface area contributed by atoms with Crippen LogP contribution in [0.25, 0.3) is 20.9 Å². The van der Waals surface area contributed by atoms with E-state index >= 15 is 0 Å². The van der Waals surface area contributed by atoms with Crippen LogP contribution in [-0.4, -0.2) is 26.6 Å². The summed E-state index contributed by atoms with van der Waals surface area (Å²) in [6.45, 7) is 0. The summed E-state index contributed by atoms with van der Waals surface area (Å²) >= 11 is 0. The number of rotatable bonds is 4. The first-order valence-corrected chi connectivity index (χ1v) is 8.91. The van der Waals surface area contributed by atoms with E-state index in [1.165, 1.54) is 24.3 Å². The zero-order valence-corrected chi connectivity index (χ0v) is 14.2. The molecule has 0 saturated carbocycles. The minimum atomic E-state index is -2.42. The molecule has 0 N–H and O–H groups in total. The molecule has 0 aromatic carbocycles. The lowest BCUT2D eigenvalue weighted by Crippen LogP contribution is -2.08. The molecule has 0 spiro atoms. The third-order valence-electron chi connectivity index (χ3n) is 3.51. The molecular formula is C13H10N6O4S2. The normalized spacial score (nSPS) is 16.5. The Morgan fingerprint density at radius 2 is 1.20 bits per heavy atom. The van der Waals surface area contributed by atoms with Gasteiger partial charge in [-0.1, -0.05) is 22.4 Å². The van der Waals surface area contributed by atoms with Gasteiger partial charge in [0.05, 0.1) is 9.73 Å². The quantitative estimate of drug-likeness (QED) is 0.317. The highest BCUT2D eigenvalue weighted by molar-refractivity contribution is 7.73. The van der Waals surface area contributed by atoms with Gasteiger partial charge in [0.2, 0.25) is 20.6 Å². The monoisotopic (exact) mass is 378 g/mol. The van der Waals surface area contributed by atoms with Gasteiger partial charge in [0, 0.05) is 34.1 Å². The highest BCUT2D eigenvalue weighted by Crippen LogP contribution is 2.29. The summed E-state index contributed by atoms with van der Waals surface area (Å²) in [4.78, 5) is 5.59. The van der Waals surface area contributed by atoms with Crippen LogP contribution >= 0.6 is 0 Å². The van der Waals surface area contributed by atoms with Crippen LogP contribution < -0.4 is 0 Å². The molecule has 2 aliphatic rings. The Bertz CT molecular complexity index is 1020. The fraction of sp³-hybridized carbons (Fsp3) is 0.231. The lowest BCUT2D eigenvalue weighted by Gasteiger charge is -2.16. The predicted molar refractivity (Wildman–Crippen MR) is 92.3 cm³/mol. The molecular weight excluding hydrogens is 368 g/mol. The molecule has 25 heavy (non-hydrogen) atoms. The Kier molecular flexibility index (Phi) is 5.98. The molecule has 12 heteroatoms. The van der Waals surface area contributed by atoms with Gasteiger partial charge in [-0.3, -0.25) is 0 Å². The minimum absolute atomic E-state index is 0.0399. The number of azide groups is 2. The van der Waals surface area contributed by atoms with Gasteiger partial charge in [0.1, 0.15) is 0 Å². The molecule has 0 radical (unpaired) electrons. The fourth-order valence-corrected chi connectivity index (χ4v) is 3.19. The fourth-order valence-electron chi connectivity index (χ4n) is 2.32. The van der Waals surface area contributed by atoms with Crippen molar-refractivity contribution in [3.63, 3.8) is 0 Å². The Hall–Kier alpha value is -3.04. The third kappa shape index (κ3) is 4.49. The second-order valence-electron chi connectivity index (χ2n) is 4.92. The highest BCUT2D eigenvalue weighted by Gasteiger charge is 2.17. The zero-order valence-electron chi connectivity index (χ0n) is 12.6. The maximum Gasteiger partial charge on any atom is 0.217 e. The molecule has 128 valence electrons. The van der Waals surface area contributed by atoms with Crippen LogP contribution in [0.4, 0.5) is 0 Å². The van der Waals surface area contributed by atoms with Gasteiger partial charge < -0.3 is 0 Å². The van der Waals surface area contributed by atoms with Gasteiger partial charge in [0.15, 0.2) is 0 Å². The van der Waals surface area contributed by atoms with Crippen molar-refractivity contribution < 1.29 is 16.8 Å². The van der Waals surface area contributed by atoms with Crippen molar-refractivity contribution in [1.82, 2.24) is 0 Å². The molecule has 0 fully saturated rings. The average Bonchev–Trinajstić information content (AvgIpc) is 2.58. The number of allylic oxidation sites excluding steroid dienone is 8. The molecule has 0 aromatic heterocycles. The van der Waals surface area contributed by atoms with Crippen molar-refractivity contribution in [3.05, 3.63) is 67.7 Å². The van der Waals surface area contributed by atoms with E-state index in [1.807, 2.05) is 0 Å². The van der Waals surface area contributed by atoms with E-state index in [4.69, 9.17) is 11.1 Å². The molecule has 0 amide bonds. The summed E-state index contributed by atoms with van der Waals surface area (Å²) < 4.78 is 44.2. The van der Waals surface area contributed by atoms with E-state index in [2.05, 4.69) is 20.1 Å². The number of nitrogens with zero attached hydrogens (tertiary/aromatic N) is 6. The topological polar surface area (TPSA) is 166 Å². The van der Waals surface area contributed by atoms with Crippen molar-refractivity contribution in [1.29, 1.82) is 0 Å². The minimum Gasteiger partial charge on any atom is -0.184 e. The SMILES string of the molecule is [N-]=[N+]=NC1=C(CC2=C(N=[N+]=[N-])CC(=S(=O)=O)C=C2)C=CC(=S(=O)=O)C1. The molecule has 0 bridgehead atoms. The van der Waals surface area contributed by atoms with Crippen LogP contribution in [0.15, 0.2) is 57.1 Å². The van der Waals surface area contributed by atoms with Crippen LogP contribution in [0.5, 0.6) is 0 Å². The Labute approximate surface area is 144 Å². The van der Waals surface area contributed by atoms with Crippen LogP contribution in [0.3, 0.4) is 0 Å². The maximum absolute atomic E-state index is 11.1. The molecule has 0 aliphatic heterocycles. The van der Waals surface area contributed by atoms with Crippen molar-refractivity contribution >= 4 is 30.3 Å². The summed E-state index contributed by atoms with van der Waals surface area (Å²) in [7, 11) is -4.84. The van der Waals surface area contributed by atoms with Crippen LogP contribution in [0.2, 0.25) is 0 Å². The van der Waals surface area contributed by atoms with Crippen molar-refractivity contribution in [2.45, 2.75) is 19.3 Å². The standard InChI is InChI=1S/C13H10N6O4S2/c14-18-16-12-6-10(24(20)21)3-1-8(12)5-9-2-4-11(25(22)23)7-13(9)17-19-15/h1-4H,5-7H2. The average molecular weight is 378 g/mol. The molecule has 0 unspecified atom stereocenters. The summed E-state index contributed by atoms with van der Waals surface area (Å²) in [5.74, 6) is 0. The molecule has 10 nitrogen and oxygen atoms in total. The van der Waals surface area contributed by atoms with Crippen LogP contribution in [-0.2, 0) is 20.6 Å². The maximum atomic E-state index is 11.1. The molecule has 0 heterocycles. The van der Waals surface area contributed by atoms with Crippen LogP contribution in [0, 0.1) is 0 Å². The van der Waals surface area contributed by atoms with Gasteiger partial charge in [0.25, 0.3) is 0 Å².